The fourth-order valence-corrected chi connectivity index (χ4v) is 4.21. The van der Waals surface area contributed by atoms with E-state index >= 15 is 0 Å². The highest BCUT2D eigenvalue weighted by atomic mass is 16.3. The summed E-state index contributed by atoms with van der Waals surface area (Å²) in [5, 5.41) is 19.9. The fraction of sp³-hybridized carbons (Fsp3) is 0.586. The zero-order chi connectivity index (χ0) is 32.5. The molecular weight excluding hydrogens is 558 g/mol. The van der Waals surface area contributed by atoms with Crippen molar-refractivity contribution in [2.45, 2.75) is 89.5 Å². The van der Waals surface area contributed by atoms with E-state index in [-0.39, 0.29) is 39.7 Å². The Morgan fingerprint density at radius 2 is 1.49 bits per heavy atom. The largest absolute Gasteiger partial charge is 0.394 e. The zero-order valence-electron chi connectivity index (χ0n) is 25.1. The molecule has 0 aromatic heterocycles. The number of primary amides is 2. The number of amides is 5. The van der Waals surface area contributed by atoms with Crippen LogP contribution in [0, 0.1) is 5.92 Å². The van der Waals surface area contributed by atoms with Gasteiger partial charge in [-0.25, -0.2) is 0 Å². The minimum Gasteiger partial charge on any atom is -0.394 e. The van der Waals surface area contributed by atoms with Crippen molar-refractivity contribution in [2.24, 2.45) is 23.1 Å². The van der Waals surface area contributed by atoms with Crippen molar-refractivity contribution in [1.82, 2.24) is 21.3 Å². The minimum atomic E-state index is -1.09. The average Bonchev–Trinajstić information content (AvgIpc) is 2.94. The van der Waals surface area contributed by atoms with Gasteiger partial charge in [0.15, 0.2) is 0 Å². The molecule has 0 aliphatic carbocycles. The first-order valence-electron chi connectivity index (χ1n) is 14.4. The summed E-state index contributed by atoms with van der Waals surface area (Å²) in [6.45, 7) is 4.57. The molecule has 0 spiro atoms. The van der Waals surface area contributed by atoms with Crippen molar-refractivity contribution in [3.05, 3.63) is 35.9 Å². The molecular formula is C29H51N7O7. The summed E-state index contributed by atoms with van der Waals surface area (Å²) in [6.07, 6.45) is 1.69. The molecule has 1 aromatic carbocycles. The molecule has 2 unspecified atom stereocenters. The highest BCUT2D eigenvalue weighted by molar-refractivity contribution is 5.93. The number of aliphatic hydroxyl groups excluding tert-OH is 1. The van der Waals surface area contributed by atoms with Crippen LogP contribution in [0.3, 0.4) is 0 Å². The average molecular weight is 610 g/mol. The molecule has 14 heteroatoms. The molecule has 0 bridgehead atoms. The number of carbonyl (C=O) groups excluding carboxylic acids is 6. The first-order valence-corrected chi connectivity index (χ1v) is 14.4. The molecule has 0 fully saturated rings. The topological polar surface area (TPSA) is 249 Å². The highest BCUT2D eigenvalue weighted by Crippen LogP contribution is 2.08. The maximum absolute atomic E-state index is 13.0. The van der Waals surface area contributed by atoms with E-state index < -0.39 is 60.4 Å². The van der Waals surface area contributed by atoms with Crippen molar-refractivity contribution in [1.29, 1.82) is 0 Å². The van der Waals surface area contributed by atoms with Crippen molar-refractivity contribution < 1.29 is 36.7 Å². The molecule has 0 radical (unpaired) electrons. The predicted molar refractivity (Wildman–Crippen MR) is 164 cm³/mol. The van der Waals surface area contributed by atoms with E-state index in [1.165, 1.54) is 6.92 Å². The number of nitrogens with two attached hydrogens (primary N) is 3. The lowest BCUT2D eigenvalue weighted by Gasteiger charge is -2.25. The van der Waals surface area contributed by atoms with Gasteiger partial charge in [-0.05, 0) is 44.1 Å². The Morgan fingerprint density at radius 1 is 0.860 bits per heavy atom. The Labute approximate surface area is 255 Å². The van der Waals surface area contributed by atoms with Crippen LogP contribution in [-0.4, -0.2) is 83.8 Å². The lowest BCUT2D eigenvalue weighted by atomic mass is 10.00. The maximum atomic E-state index is 13.0. The van der Waals surface area contributed by atoms with Gasteiger partial charge >= 0.3 is 0 Å². The van der Waals surface area contributed by atoms with E-state index in [0.29, 0.717) is 25.8 Å². The summed E-state index contributed by atoms with van der Waals surface area (Å²) in [4.78, 5) is 73.0. The fourth-order valence-electron chi connectivity index (χ4n) is 4.21. The van der Waals surface area contributed by atoms with Gasteiger partial charge in [0, 0.05) is 22.2 Å². The first-order chi connectivity index (χ1) is 20.3. The molecule has 43 heavy (non-hydrogen) atoms. The molecule has 0 saturated heterocycles. The predicted octanol–water partition coefficient (Wildman–Crippen LogP) is -1.38. The van der Waals surface area contributed by atoms with Crippen molar-refractivity contribution in [3.8, 4) is 0 Å². The lowest BCUT2D eigenvalue weighted by Crippen LogP contribution is -2.57. The third-order valence-electron chi connectivity index (χ3n) is 6.87. The number of hydrogen-bond acceptors (Lipinski definition) is 9. The smallest absolute Gasteiger partial charge is 0.243 e. The molecule has 1 aromatic rings. The van der Waals surface area contributed by atoms with Crippen molar-refractivity contribution in [3.63, 3.8) is 0 Å². The molecule has 1 rings (SSSR count). The molecule has 5 amide bonds. The second-order valence-electron chi connectivity index (χ2n) is 10.8. The molecule has 244 valence electrons. The number of carbonyl (C=O) groups is 6. The SMILES string of the molecule is CC(=O)C(CCC(=O)NCCCCC(N)C(=O)N[C@H](C(=O)N[C@@H](Cc1ccccc1)C(N)=O)C(C)C)N[C@@H](CO)C(N)=O.[HH].[HH]. The third-order valence-corrected chi connectivity index (χ3v) is 6.87. The van der Waals surface area contributed by atoms with Crippen LogP contribution in [-0.2, 0) is 35.2 Å². The number of Topliss-reactive ketones (excluding diaryl/α,β-unsaturated/α-hetero) is 1. The van der Waals surface area contributed by atoms with Crippen LogP contribution in [0.4, 0.5) is 0 Å². The molecule has 0 aliphatic rings. The van der Waals surface area contributed by atoms with E-state index in [9.17, 15) is 33.9 Å². The Morgan fingerprint density at radius 3 is 2.02 bits per heavy atom. The third kappa shape index (κ3) is 14.2. The van der Waals surface area contributed by atoms with Gasteiger partial charge in [-0.3, -0.25) is 34.1 Å². The van der Waals surface area contributed by atoms with Gasteiger partial charge in [0.05, 0.1) is 18.7 Å². The van der Waals surface area contributed by atoms with E-state index in [0.717, 1.165) is 5.56 Å². The monoisotopic (exact) mass is 609 g/mol. The number of benzene rings is 1. The molecule has 5 atom stereocenters. The van der Waals surface area contributed by atoms with Gasteiger partial charge < -0.3 is 38.3 Å². The number of ketones is 1. The van der Waals surface area contributed by atoms with E-state index in [2.05, 4.69) is 21.3 Å². The van der Waals surface area contributed by atoms with Gasteiger partial charge in [0.1, 0.15) is 23.9 Å². The van der Waals surface area contributed by atoms with Gasteiger partial charge in [0.25, 0.3) is 0 Å². The van der Waals surface area contributed by atoms with Gasteiger partial charge in [0.2, 0.25) is 29.5 Å². The zero-order valence-corrected chi connectivity index (χ0v) is 25.1. The standard InChI is InChI=1S/C29H47N7O7.2H2/c1-17(2)25(29(43)35-22(26(31)40)15-19-9-5-4-6-10-19)36-28(42)20(30)11-7-8-14-33-24(39)13-12-21(18(3)38)34-23(16-37)27(32)41;;/h4-6,9-10,17,20-23,25,34,37H,7-8,11-16,30H2,1-3H3,(H2,31,40)(H2,32,41)(H,33,39)(H,35,43)(H,36,42);2*1H/t20?,21?,22-,23-,25-;;/m0../s1. The molecule has 0 aliphatic heterocycles. The van der Waals surface area contributed by atoms with Gasteiger partial charge in [-0.2, -0.15) is 0 Å². The minimum absolute atomic E-state index is 0. The Balaban J connectivity index is 0. The molecule has 14 nitrogen and oxygen atoms in total. The van der Waals surface area contributed by atoms with Gasteiger partial charge in [-0.15, -0.1) is 0 Å². The van der Waals surface area contributed by atoms with Crippen LogP contribution >= 0.6 is 0 Å². The quantitative estimate of drug-likeness (QED) is 0.0764. The number of hydrogen-bond donors (Lipinski definition) is 8. The Hall–Kier alpha value is -3.88. The van der Waals surface area contributed by atoms with E-state index in [4.69, 9.17) is 17.2 Å². The summed E-state index contributed by atoms with van der Waals surface area (Å²) in [5.41, 5.74) is 17.5. The second-order valence-corrected chi connectivity index (χ2v) is 10.8. The summed E-state index contributed by atoms with van der Waals surface area (Å²) >= 11 is 0. The number of aliphatic hydroxyl groups is 1. The van der Waals surface area contributed by atoms with Crippen molar-refractivity contribution in [2.75, 3.05) is 13.2 Å². The molecule has 11 N–H and O–H groups in total. The first kappa shape index (κ1) is 37.1. The van der Waals surface area contributed by atoms with Crippen molar-refractivity contribution >= 4 is 35.3 Å². The summed E-state index contributed by atoms with van der Waals surface area (Å²) in [6, 6.07) is 4.43. The van der Waals surface area contributed by atoms with E-state index in [1.807, 2.05) is 30.3 Å². The van der Waals surface area contributed by atoms with Crippen LogP contribution in [0.25, 0.3) is 0 Å². The number of nitrogens with one attached hydrogen (secondary N) is 4. The van der Waals surface area contributed by atoms with Crippen LogP contribution in [0.5, 0.6) is 0 Å². The van der Waals surface area contributed by atoms with Crippen LogP contribution < -0.4 is 38.5 Å². The molecule has 0 saturated carbocycles. The summed E-state index contributed by atoms with van der Waals surface area (Å²) < 4.78 is 0. The van der Waals surface area contributed by atoms with Crippen LogP contribution in [0.15, 0.2) is 30.3 Å². The summed E-state index contributed by atoms with van der Waals surface area (Å²) in [5.74, 6) is -3.44. The van der Waals surface area contributed by atoms with Crippen LogP contribution in [0.1, 0.15) is 61.3 Å². The van der Waals surface area contributed by atoms with Crippen LogP contribution in [0.2, 0.25) is 0 Å². The molecule has 0 heterocycles. The lowest BCUT2D eigenvalue weighted by molar-refractivity contribution is -0.132. The van der Waals surface area contributed by atoms with E-state index in [1.54, 1.807) is 13.8 Å². The van der Waals surface area contributed by atoms with Gasteiger partial charge in [-0.1, -0.05) is 44.2 Å². The Bertz CT molecular complexity index is 1100. The Kier molecular flexibility index (Phi) is 16.7. The number of unbranched alkanes of at least 4 members (excludes halogenated alkanes) is 1. The normalized spacial score (nSPS) is 14.6. The maximum Gasteiger partial charge on any atom is 0.243 e. The number of rotatable bonds is 21. The summed E-state index contributed by atoms with van der Waals surface area (Å²) in [7, 11) is 0. The second kappa shape index (κ2) is 19.3. The highest BCUT2D eigenvalue weighted by Gasteiger charge is 2.29.